The lowest BCUT2D eigenvalue weighted by Crippen LogP contribution is -2.23. The van der Waals surface area contributed by atoms with Crippen LogP contribution in [0.4, 0.5) is 0 Å². The van der Waals surface area contributed by atoms with Crippen molar-refractivity contribution in [3.8, 4) is 5.75 Å². The highest BCUT2D eigenvalue weighted by atomic mass is 32.2. The van der Waals surface area contributed by atoms with Crippen molar-refractivity contribution in [1.29, 1.82) is 0 Å². The molecule has 15 heavy (non-hydrogen) atoms. The Kier molecular flexibility index (Phi) is 3.06. The largest absolute Gasteiger partial charge is 0.488 e. The van der Waals surface area contributed by atoms with Gasteiger partial charge in [-0.05, 0) is 32.9 Å². The lowest BCUT2D eigenvalue weighted by atomic mass is 10.2. The van der Waals surface area contributed by atoms with Gasteiger partial charge >= 0.3 is 0 Å². The van der Waals surface area contributed by atoms with Crippen LogP contribution < -0.4 is 9.88 Å². The summed E-state index contributed by atoms with van der Waals surface area (Å²) in [6, 6.07) is 6.15. The fraction of sp³-hybridized carbons (Fsp3) is 0.400. The van der Waals surface area contributed by atoms with E-state index in [0.29, 0.717) is 5.75 Å². The van der Waals surface area contributed by atoms with Crippen LogP contribution >= 0.6 is 0 Å². The molecule has 1 aromatic rings. The van der Waals surface area contributed by atoms with Crippen molar-refractivity contribution in [2.24, 2.45) is 5.14 Å². The lowest BCUT2D eigenvalue weighted by Gasteiger charge is -2.21. The third kappa shape index (κ3) is 3.89. The zero-order valence-electron chi connectivity index (χ0n) is 9.02. The molecule has 0 saturated heterocycles. The predicted octanol–water partition coefficient (Wildman–Crippen LogP) is 1.51. The maximum atomic E-state index is 11.1. The van der Waals surface area contributed by atoms with E-state index in [4.69, 9.17) is 9.88 Å². The number of benzene rings is 1. The normalized spacial score (nSPS) is 12.5. The molecule has 2 N–H and O–H groups in total. The Labute approximate surface area is 90.1 Å². The topological polar surface area (TPSA) is 69.4 Å². The molecule has 0 amide bonds. The molecule has 0 atom stereocenters. The Bertz CT molecular complexity index is 446. The molecule has 0 heterocycles. The number of nitrogens with two attached hydrogens (primary N) is 1. The molecule has 0 aliphatic carbocycles. The molecule has 0 aliphatic heterocycles. The van der Waals surface area contributed by atoms with Gasteiger partial charge in [-0.2, -0.15) is 0 Å². The van der Waals surface area contributed by atoms with Crippen LogP contribution in [0.5, 0.6) is 5.75 Å². The van der Waals surface area contributed by atoms with Gasteiger partial charge in [0.1, 0.15) is 11.4 Å². The van der Waals surface area contributed by atoms with Crippen LogP contribution in [-0.4, -0.2) is 14.0 Å². The van der Waals surface area contributed by atoms with E-state index in [9.17, 15) is 8.42 Å². The summed E-state index contributed by atoms with van der Waals surface area (Å²) >= 11 is 0. The summed E-state index contributed by atoms with van der Waals surface area (Å²) in [4.78, 5) is 0.0595. The second-order valence-corrected chi connectivity index (χ2v) is 5.80. The summed E-state index contributed by atoms with van der Waals surface area (Å²) in [5, 5.41) is 5.01. The van der Waals surface area contributed by atoms with Crippen molar-refractivity contribution >= 4 is 10.0 Å². The van der Waals surface area contributed by atoms with Crippen LogP contribution in [0.15, 0.2) is 29.2 Å². The number of ether oxygens (including phenoxy) is 1. The third-order valence-corrected chi connectivity index (χ3v) is 2.47. The molecule has 1 rings (SSSR count). The molecule has 84 valence electrons. The summed E-state index contributed by atoms with van der Waals surface area (Å²) < 4.78 is 27.7. The summed E-state index contributed by atoms with van der Waals surface area (Å²) in [5.74, 6) is 0.494. The van der Waals surface area contributed by atoms with E-state index in [1.807, 2.05) is 20.8 Å². The van der Waals surface area contributed by atoms with Crippen LogP contribution in [0, 0.1) is 0 Å². The number of hydrogen-bond donors (Lipinski definition) is 1. The molecule has 5 heteroatoms. The molecule has 0 spiro atoms. The molecule has 0 radical (unpaired) electrons. The minimum absolute atomic E-state index is 0.0595. The molecule has 1 aromatic carbocycles. The van der Waals surface area contributed by atoms with E-state index in [2.05, 4.69) is 0 Å². The standard InChI is InChI=1S/C10H15NO3S/c1-10(2,3)14-8-5-4-6-9(7-8)15(11,12)13/h4-7H,1-3H3,(H2,11,12,13). The quantitative estimate of drug-likeness (QED) is 0.835. The van der Waals surface area contributed by atoms with Gasteiger partial charge < -0.3 is 4.74 Å². The number of primary sulfonamides is 1. The van der Waals surface area contributed by atoms with Crippen LogP contribution in [-0.2, 0) is 10.0 Å². The number of rotatable bonds is 2. The molecular weight excluding hydrogens is 214 g/mol. The van der Waals surface area contributed by atoms with Crippen molar-refractivity contribution in [3.63, 3.8) is 0 Å². The Balaban J connectivity index is 3.04. The molecule has 0 aromatic heterocycles. The van der Waals surface area contributed by atoms with Crippen molar-refractivity contribution in [1.82, 2.24) is 0 Å². The van der Waals surface area contributed by atoms with Crippen LogP contribution in [0.1, 0.15) is 20.8 Å². The highest BCUT2D eigenvalue weighted by Crippen LogP contribution is 2.20. The third-order valence-electron chi connectivity index (χ3n) is 1.56. The van der Waals surface area contributed by atoms with Crippen molar-refractivity contribution < 1.29 is 13.2 Å². The predicted molar refractivity (Wildman–Crippen MR) is 58.2 cm³/mol. The molecule has 0 unspecified atom stereocenters. The smallest absolute Gasteiger partial charge is 0.238 e. The summed E-state index contributed by atoms with van der Waals surface area (Å²) in [6.07, 6.45) is 0. The van der Waals surface area contributed by atoms with E-state index in [1.54, 1.807) is 12.1 Å². The van der Waals surface area contributed by atoms with Crippen molar-refractivity contribution in [2.45, 2.75) is 31.3 Å². The summed E-state index contributed by atoms with van der Waals surface area (Å²) in [7, 11) is -3.66. The zero-order chi connectivity index (χ0) is 11.7. The first-order valence-corrected chi connectivity index (χ1v) is 6.05. The maximum absolute atomic E-state index is 11.1. The van der Waals surface area contributed by atoms with Gasteiger partial charge in [0.2, 0.25) is 10.0 Å². The van der Waals surface area contributed by atoms with Crippen LogP contribution in [0.3, 0.4) is 0 Å². The van der Waals surface area contributed by atoms with Gasteiger partial charge in [-0.3, -0.25) is 0 Å². The minimum Gasteiger partial charge on any atom is -0.488 e. The molecular formula is C10H15NO3S. The van der Waals surface area contributed by atoms with Crippen molar-refractivity contribution in [2.75, 3.05) is 0 Å². The van der Waals surface area contributed by atoms with E-state index < -0.39 is 10.0 Å². The highest BCUT2D eigenvalue weighted by molar-refractivity contribution is 7.89. The molecule has 0 bridgehead atoms. The van der Waals surface area contributed by atoms with E-state index in [-0.39, 0.29) is 10.5 Å². The second-order valence-electron chi connectivity index (χ2n) is 4.23. The molecule has 0 fully saturated rings. The van der Waals surface area contributed by atoms with E-state index >= 15 is 0 Å². The van der Waals surface area contributed by atoms with E-state index in [0.717, 1.165) is 0 Å². The van der Waals surface area contributed by atoms with Gasteiger partial charge in [0.05, 0.1) is 4.90 Å². The van der Waals surface area contributed by atoms with Gasteiger partial charge in [0.25, 0.3) is 0 Å². The molecule has 0 aliphatic rings. The first-order valence-electron chi connectivity index (χ1n) is 4.50. The Morgan fingerprint density at radius 3 is 2.33 bits per heavy atom. The first kappa shape index (κ1) is 12.0. The Morgan fingerprint density at radius 1 is 1.27 bits per heavy atom. The zero-order valence-corrected chi connectivity index (χ0v) is 9.84. The second kappa shape index (κ2) is 3.83. The van der Waals surface area contributed by atoms with Crippen LogP contribution in [0.25, 0.3) is 0 Å². The fourth-order valence-corrected chi connectivity index (χ4v) is 1.62. The summed E-state index contributed by atoms with van der Waals surface area (Å²) in [5.41, 5.74) is -0.364. The number of sulfonamides is 1. The van der Waals surface area contributed by atoms with Crippen molar-refractivity contribution in [3.05, 3.63) is 24.3 Å². The SMILES string of the molecule is CC(C)(C)Oc1cccc(S(N)(=O)=O)c1. The van der Waals surface area contributed by atoms with Gasteiger partial charge in [-0.1, -0.05) is 6.07 Å². The Hall–Kier alpha value is -1.07. The maximum Gasteiger partial charge on any atom is 0.238 e. The lowest BCUT2D eigenvalue weighted by molar-refractivity contribution is 0.130. The van der Waals surface area contributed by atoms with Gasteiger partial charge in [0.15, 0.2) is 0 Å². The molecule has 0 saturated carbocycles. The molecule has 4 nitrogen and oxygen atoms in total. The van der Waals surface area contributed by atoms with Gasteiger partial charge in [-0.15, -0.1) is 0 Å². The summed E-state index contributed by atoms with van der Waals surface area (Å²) in [6.45, 7) is 5.66. The first-order chi connectivity index (χ1) is 6.68. The fourth-order valence-electron chi connectivity index (χ4n) is 1.07. The average Bonchev–Trinajstić information content (AvgIpc) is 1.99. The Morgan fingerprint density at radius 2 is 1.87 bits per heavy atom. The van der Waals surface area contributed by atoms with E-state index in [1.165, 1.54) is 12.1 Å². The minimum atomic E-state index is -3.66. The average molecular weight is 229 g/mol. The van der Waals surface area contributed by atoms with Gasteiger partial charge in [0, 0.05) is 6.07 Å². The number of hydrogen-bond acceptors (Lipinski definition) is 3. The van der Waals surface area contributed by atoms with Crippen LogP contribution in [0.2, 0.25) is 0 Å². The highest BCUT2D eigenvalue weighted by Gasteiger charge is 2.14. The van der Waals surface area contributed by atoms with Gasteiger partial charge in [-0.25, -0.2) is 13.6 Å². The monoisotopic (exact) mass is 229 g/mol.